The maximum Gasteiger partial charge on any atom is 0.323 e. The van der Waals surface area contributed by atoms with Gasteiger partial charge in [-0.2, -0.15) is 0 Å². The first-order valence-electron chi connectivity index (χ1n) is 7.06. The van der Waals surface area contributed by atoms with E-state index < -0.39 is 17.7 Å². The number of nitrogens with one attached hydrogen (secondary N) is 3. The Morgan fingerprint density at radius 3 is 2.52 bits per heavy atom. The molecule has 2 amide bonds. The van der Waals surface area contributed by atoms with Gasteiger partial charge in [-0.3, -0.25) is 0 Å². The van der Waals surface area contributed by atoms with Crippen molar-refractivity contribution in [2.75, 3.05) is 10.6 Å². The van der Waals surface area contributed by atoms with Crippen molar-refractivity contribution >= 4 is 28.3 Å². The standard InChI is InChI=1S/C17H15F2N3O/c1-9-10(2)20-16-12(9)4-3-5-15(16)22-17(23)21-14-7-6-11(18)8-13(14)19/h3-8,20H,1-2H3,(H2,21,22,23). The molecule has 0 unspecified atom stereocenters. The Labute approximate surface area is 131 Å². The second kappa shape index (κ2) is 5.72. The molecule has 0 atom stereocenters. The molecule has 0 aliphatic carbocycles. The van der Waals surface area contributed by atoms with E-state index in [1.165, 1.54) is 6.07 Å². The number of urea groups is 1. The van der Waals surface area contributed by atoms with Crippen molar-refractivity contribution in [1.82, 2.24) is 4.98 Å². The van der Waals surface area contributed by atoms with Crippen molar-refractivity contribution in [1.29, 1.82) is 0 Å². The maximum absolute atomic E-state index is 13.6. The molecule has 3 aromatic rings. The number of aromatic nitrogens is 1. The molecule has 0 saturated carbocycles. The number of halogens is 2. The molecule has 0 spiro atoms. The highest BCUT2D eigenvalue weighted by Gasteiger charge is 2.12. The predicted molar refractivity (Wildman–Crippen MR) is 86.8 cm³/mol. The van der Waals surface area contributed by atoms with Gasteiger partial charge in [-0.15, -0.1) is 0 Å². The van der Waals surface area contributed by atoms with Crippen molar-refractivity contribution in [3.63, 3.8) is 0 Å². The van der Waals surface area contributed by atoms with E-state index in [-0.39, 0.29) is 5.69 Å². The van der Waals surface area contributed by atoms with Gasteiger partial charge in [0.15, 0.2) is 0 Å². The van der Waals surface area contributed by atoms with Crippen LogP contribution in [-0.4, -0.2) is 11.0 Å². The van der Waals surface area contributed by atoms with Crippen LogP contribution in [0.3, 0.4) is 0 Å². The van der Waals surface area contributed by atoms with E-state index in [1.807, 2.05) is 26.0 Å². The zero-order valence-corrected chi connectivity index (χ0v) is 12.6. The molecule has 6 heteroatoms. The molecule has 0 radical (unpaired) electrons. The van der Waals surface area contributed by atoms with Gasteiger partial charge < -0.3 is 15.6 Å². The monoisotopic (exact) mass is 315 g/mol. The highest BCUT2D eigenvalue weighted by atomic mass is 19.1. The molecule has 1 heterocycles. The number of aromatic amines is 1. The molecule has 0 fully saturated rings. The Bertz CT molecular complexity index is 902. The van der Waals surface area contributed by atoms with Crippen LogP contribution < -0.4 is 10.6 Å². The van der Waals surface area contributed by atoms with Crippen molar-refractivity contribution in [2.24, 2.45) is 0 Å². The Morgan fingerprint density at radius 2 is 1.78 bits per heavy atom. The number of carbonyl (C=O) groups is 1. The van der Waals surface area contributed by atoms with Gasteiger partial charge in [0.25, 0.3) is 0 Å². The van der Waals surface area contributed by atoms with E-state index in [9.17, 15) is 13.6 Å². The Morgan fingerprint density at radius 1 is 1.04 bits per heavy atom. The molecular weight excluding hydrogens is 300 g/mol. The Kier molecular flexibility index (Phi) is 3.73. The number of amides is 2. The van der Waals surface area contributed by atoms with Gasteiger partial charge in [0.2, 0.25) is 0 Å². The fraction of sp³-hybridized carbons (Fsp3) is 0.118. The summed E-state index contributed by atoms with van der Waals surface area (Å²) in [6.07, 6.45) is 0. The Balaban J connectivity index is 1.84. The second-order valence-electron chi connectivity index (χ2n) is 5.31. The van der Waals surface area contributed by atoms with Crippen LogP contribution in [-0.2, 0) is 0 Å². The number of rotatable bonds is 2. The van der Waals surface area contributed by atoms with Gasteiger partial charge in [-0.05, 0) is 37.6 Å². The fourth-order valence-electron chi connectivity index (χ4n) is 2.45. The smallest absolute Gasteiger partial charge is 0.323 e. The van der Waals surface area contributed by atoms with Crippen LogP contribution in [0.15, 0.2) is 36.4 Å². The number of H-pyrrole nitrogens is 1. The molecule has 0 saturated heterocycles. The van der Waals surface area contributed by atoms with Gasteiger partial charge >= 0.3 is 6.03 Å². The van der Waals surface area contributed by atoms with Crippen LogP contribution >= 0.6 is 0 Å². The summed E-state index contributed by atoms with van der Waals surface area (Å²) >= 11 is 0. The lowest BCUT2D eigenvalue weighted by atomic mass is 10.1. The summed E-state index contributed by atoms with van der Waals surface area (Å²) in [6.45, 7) is 3.94. The SMILES string of the molecule is Cc1[nH]c2c(NC(=O)Nc3ccc(F)cc3F)cccc2c1C. The summed E-state index contributed by atoms with van der Waals surface area (Å²) in [4.78, 5) is 15.3. The quantitative estimate of drug-likeness (QED) is 0.630. The number of para-hydroxylation sites is 1. The zero-order valence-electron chi connectivity index (χ0n) is 12.6. The van der Waals surface area contributed by atoms with Crippen LogP contribution in [0.25, 0.3) is 10.9 Å². The molecule has 118 valence electrons. The predicted octanol–water partition coefficient (Wildman–Crippen LogP) is 4.71. The zero-order chi connectivity index (χ0) is 16.6. The summed E-state index contributed by atoms with van der Waals surface area (Å²) in [6, 6.07) is 7.90. The van der Waals surface area contributed by atoms with Crippen molar-refractivity contribution in [3.8, 4) is 0 Å². The number of benzene rings is 2. The van der Waals surface area contributed by atoms with Crippen molar-refractivity contribution < 1.29 is 13.6 Å². The summed E-state index contributed by atoms with van der Waals surface area (Å²) in [5, 5.41) is 6.05. The fourth-order valence-corrected chi connectivity index (χ4v) is 2.45. The van der Waals surface area contributed by atoms with E-state index >= 15 is 0 Å². The highest BCUT2D eigenvalue weighted by Crippen LogP contribution is 2.27. The van der Waals surface area contributed by atoms with Crippen LogP contribution in [0.4, 0.5) is 25.0 Å². The van der Waals surface area contributed by atoms with E-state index in [4.69, 9.17) is 0 Å². The molecule has 1 aromatic heterocycles. The lowest BCUT2D eigenvalue weighted by molar-refractivity contribution is 0.262. The molecule has 3 rings (SSSR count). The summed E-state index contributed by atoms with van der Waals surface area (Å²) in [5.41, 5.74) is 3.42. The van der Waals surface area contributed by atoms with Crippen molar-refractivity contribution in [2.45, 2.75) is 13.8 Å². The average Bonchev–Trinajstić information content (AvgIpc) is 2.79. The average molecular weight is 315 g/mol. The summed E-state index contributed by atoms with van der Waals surface area (Å²) in [5.74, 6) is -1.53. The third-order valence-corrected chi connectivity index (χ3v) is 3.77. The molecule has 2 aromatic carbocycles. The van der Waals surface area contributed by atoms with Gasteiger partial charge in [-0.1, -0.05) is 12.1 Å². The van der Waals surface area contributed by atoms with E-state index in [1.54, 1.807) is 6.07 Å². The molecule has 0 aliphatic rings. The van der Waals surface area contributed by atoms with Gasteiger partial charge in [0, 0.05) is 17.1 Å². The molecule has 0 aliphatic heterocycles. The third kappa shape index (κ3) is 2.88. The van der Waals surface area contributed by atoms with Crippen LogP contribution in [0.2, 0.25) is 0 Å². The largest absolute Gasteiger partial charge is 0.357 e. The molecule has 3 N–H and O–H groups in total. The molecule has 0 bridgehead atoms. The van der Waals surface area contributed by atoms with Gasteiger partial charge in [0.1, 0.15) is 11.6 Å². The number of hydrogen-bond acceptors (Lipinski definition) is 1. The number of carbonyl (C=O) groups excluding carboxylic acids is 1. The normalized spacial score (nSPS) is 10.8. The van der Waals surface area contributed by atoms with Crippen molar-refractivity contribution in [3.05, 3.63) is 59.3 Å². The lowest BCUT2D eigenvalue weighted by Gasteiger charge is -2.09. The van der Waals surface area contributed by atoms with Gasteiger partial charge in [-0.25, -0.2) is 13.6 Å². The maximum atomic E-state index is 13.6. The number of fused-ring (bicyclic) bond motifs is 1. The topological polar surface area (TPSA) is 56.9 Å². The summed E-state index contributed by atoms with van der Waals surface area (Å²) < 4.78 is 26.4. The molecular formula is C17H15F2N3O. The lowest BCUT2D eigenvalue weighted by Crippen LogP contribution is -2.20. The minimum absolute atomic E-state index is 0.0880. The molecule has 4 nitrogen and oxygen atoms in total. The van der Waals surface area contributed by atoms with Crippen LogP contribution in [0.5, 0.6) is 0 Å². The van der Waals surface area contributed by atoms with E-state index in [2.05, 4.69) is 15.6 Å². The number of anilines is 2. The van der Waals surface area contributed by atoms with Crippen LogP contribution in [0.1, 0.15) is 11.3 Å². The van der Waals surface area contributed by atoms with Crippen LogP contribution in [0, 0.1) is 25.5 Å². The Hall–Kier alpha value is -2.89. The summed E-state index contributed by atoms with van der Waals surface area (Å²) in [7, 11) is 0. The molecule has 23 heavy (non-hydrogen) atoms. The first kappa shape index (κ1) is 15.0. The minimum atomic E-state index is -0.829. The number of hydrogen-bond donors (Lipinski definition) is 3. The van der Waals surface area contributed by atoms with E-state index in [0.29, 0.717) is 11.8 Å². The second-order valence-corrected chi connectivity index (χ2v) is 5.31. The first-order valence-corrected chi connectivity index (χ1v) is 7.06. The highest BCUT2D eigenvalue weighted by molar-refractivity contribution is 6.06. The first-order chi connectivity index (χ1) is 11.0. The number of aryl methyl sites for hydroxylation is 2. The van der Waals surface area contributed by atoms with E-state index in [0.717, 1.165) is 28.2 Å². The third-order valence-electron chi connectivity index (χ3n) is 3.77. The van der Waals surface area contributed by atoms with Gasteiger partial charge in [0.05, 0.1) is 16.9 Å². The minimum Gasteiger partial charge on any atom is -0.357 e.